The molecule has 1 aromatic rings. The summed E-state index contributed by atoms with van der Waals surface area (Å²) in [6, 6.07) is 6.58. The zero-order valence-electron chi connectivity index (χ0n) is 10.9. The fraction of sp³-hybridized carbons (Fsp3) is 0.231. The van der Waals surface area contributed by atoms with E-state index in [9.17, 15) is 9.59 Å². The molecule has 0 spiro atoms. The molecule has 19 heavy (non-hydrogen) atoms. The summed E-state index contributed by atoms with van der Waals surface area (Å²) in [6.45, 7) is 0. The number of amides is 1. The molecule has 102 valence electrons. The minimum Gasteiger partial charge on any atom is -0.464 e. The molecule has 0 aliphatic carbocycles. The molecule has 0 unspecified atom stereocenters. The van der Waals surface area contributed by atoms with Crippen LogP contribution in [0, 0.1) is 0 Å². The lowest BCUT2D eigenvalue weighted by atomic mass is 10.2. The summed E-state index contributed by atoms with van der Waals surface area (Å²) in [7, 11) is 4.70. The quantitative estimate of drug-likeness (QED) is 0.674. The summed E-state index contributed by atoms with van der Waals surface area (Å²) < 4.78 is 4.60. The Morgan fingerprint density at radius 1 is 1.32 bits per heavy atom. The molecule has 5 nitrogen and oxygen atoms in total. The van der Waals surface area contributed by atoms with Gasteiger partial charge in [0.25, 0.3) is 5.91 Å². The molecule has 1 rings (SSSR count). The Morgan fingerprint density at radius 2 is 1.95 bits per heavy atom. The predicted molar refractivity (Wildman–Crippen MR) is 72.7 cm³/mol. The minimum atomic E-state index is -0.630. The van der Waals surface area contributed by atoms with Gasteiger partial charge in [-0.3, -0.25) is 4.79 Å². The van der Waals surface area contributed by atoms with Gasteiger partial charge in [-0.05, 0) is 12.1 Å². The fourth-order valence-corrected chi connectivity index (χ4v) is 1.56. The topological polar surface area (TPSA) is 58.6 Å². The van der Waals surface area contributed by atoms with Crippen molar-refractivity contribution in [1.82, 2.24) is 10.2 Å². The van der Waals surface area contributed by atoms with E-state index in [0.717, 1.165) is 0 Å². The Labute approximate surface area is 116 Å². The molecule has 6 heteroatoms. The maximum atomic E-state index is 12.0. The molecule has 0 aliphatic heterocycles. The van der Waals surface area contributed by atoms with Crippen molar-refractivity contribution >= 4 is 23.5 Å². The maximum Gasteiger partial charge on any atom is 0.356 e. The van der Waals surface area contributed by atoms with Gasteiger partial charge in [-0.1, -0.05) is 23.7 Å². The van der Waals surface area contributed by atoms with Gasteiger partial charge in [0.1, 0.15) is 5.70 Å². The molecule has 1 amide bonds. The number of esters is 1. The number of nitrogens with one attached hydrogen (secondary N) is 1. The summed E-state index contributed by atoms with van der Waals surface area (Å²) in [4.78, 5) is 25.2. The van der Waals surface area contributed by atoms with Crippen molar-refractivity contribution in [3.05, 3.63) is 46.7 Å². The van der Waals surface area contributed by atoms with E-state index >= 15 is 0 Å². The number of hydrogen-bond acceptors (Lipinski definition) is 4. The summed E-state index contributed by atoms with van der Waals surface area (Å²) in [5.74, 6) is -1.10. The number of benzene rings is 1. The summed E-state index contributed by atoms with van der Waals surface area (Å²) in [6.07, 6.45) is 1.46. The van der Waals surface area contributed by atoms with Gasteiger partial charge in [-0.25, -0.2) is 4.79 Å². The fourth-order valence-electron chi connectivity index (χ4n) is 1.34. The number of methoxy groups -OCH3 is 1. The van der Waals surface area contributed by atoms with Crippen LogP contribution in [0.2, 0.25) is 5.02 Å². The van der Waals surface area contributed by atoms with Gasteiger partial charge < -0.3 is 15.0 Å². The number of nitrogens with zero attached hydrogens (tertiary/aromatic N) is 1. The average Bonchev–Trinajstić information content (AvgIpc) is 2.36. The highest BCUT2D eigenvalue weighted by molar-refractivity contribution is 6.33. The number of ether oxygens (including phenoxy) is 1. The van der Waals surface area contributed by atoms with Crippen LogP contribution in [0.4, 0.5) is 0 Å². The van der Waals surface area contributed by atoms with Crippen LogP contribution in [-0.2, 0) is 9.53 Å². The van der Waals surface area contributed by atoms with Crippen LogP contribution in [0.25, 0.3) is 0 Å². The van der Waals surface area contributed by atoms with Crippen LogP contribution < -0.4 is 5.32 Å². The highest BCUT2D eigenvalue weighted by atomic mass is 35.5. The number of carbonyl (C=O) groups is 2. The Bertz CT molecular complexity index is 512. The molecule has 0 bridgehead atoms. The third-order valence-electron chi connectivity index (χ3n) is 2.16. The maximum absolute atomic E-state index is 12.0. The van der Waals surface area contributed by atoms with Crippen molar-refractivity contribution in [3.63, 3.8) is 0 Å². The first-order chi connectivity index (χ1) is 8.95. The molecule has 1 N–H and O–H groups in total. The molecule has 0 aromatic heterocycles. The molecule has 0 aliphatic rings. The van der Waals surface area contributed by atoms with Crippen LogP contribution in [0.5, 0.6) is 0 Å². The van der Waals surface area contributed by atoms with Gasteiger partial charge in [-0.2, -0.15) is 0 Å². The summed E-state index contributed by atoms with van der Waals surface area (Å²) in [5, 5.41) is 2.79. The van der Waals surface area contributed by atoms with E-state index in [2.05, 4.69) is 10.1 Å². The van der Waals surface area contributed by atoms with Gasteiger partial charge in [-0.15, -0.1) is 0 Å². The largest absolute Gasteiger partial charge is 0.464 e. The molecule has 0 saturated heterocycles. The first-order valence-electron chi connectivity index (χ1n) is 5.48. The average molecular weight is 283 g/mol. The molecular weight excluding hydrogens is 268 g/mol. The number of hydrogen-bond donors (Lipinski definition) is 1. The van der Waals surface area contributed by atoms with E-state index in [1.807, 2.05) is 0 Å². The molecule has 0 radical (unpaired) electrons. The van der Waals surface area contributed by atoms with Crippen molar-refractivity contribution in [2.75, 3.05) is 21.2 Å². The van der Waals surface area contributed by atoms with Crippen LogP contribution in [0.3, 0.4) is 0 Å². The van der Waals surface area contributed by atoms with Gasteiger partial charge in [0.2, 0.25) is 0 Å². The van der Waals surface area contributed by atoms with Gasteiger partial charge in [0, 0.05) is 20.3 Å². The van der Waals surface area contributed by atoms with E-state index < -0.39 is 11.9 Å². The van der Waals surface area contributed by atoms with Gasteiger partial charge in [0.05, 0.1) is 17.7 Å². The van der Waals surface area contributed by atoms with Crippen molar-refractivity contribution in [2.24, 2.45) is 0 Å². The van der Waals surface area contributed by atoms with Crippen molar-refractivity contribution < 1.29 is 14.3 Å². The lowest BCUT2D eigenvalue weighted by Gasteiger charge is -2.12. The van der Waals surface area contributed by atoms with Crippen LogP contribution >= 0.6 is 11.6 Å². The standard InChI is InChI=1S/C13H15ClN2O3/c1-16(2)8-11(13(18)19-3)15-12(17)9-6-4-5-7-10(9)14/h4-8H,1-3H3,(H,15,17)/b11-8-. The normalized spacial score (nSPS) is 10.8. The van der Waals surface area contributed by atoms with Crippen molar-refractivity contribution in [1.29, 1.82) is 0 Å². The van der Waals surface area contributed by atoms with Crippen molar-refractivity contribution in [2.45, 2.75) is 0 Å². The lowest BCUT2D eigenvalue weighted by molar-refractivity contribution is -0.136. The zero-order chi connectivity index (χ0) is 14.4. The molecule has 0 saturated carbocycles. The first-order valence-corrected chi connectivity index (χ1v) is 5.86. The first kappa shape index (κ1) is 15.0. The molecular formula is C13H15ClN2O3. The Balaban J connectivity index is 2.95. The van der Waals surface area contributed by atoms with Gasteiger partial charge >= 0.3 is 5.97 Å². The van der Waals surface area contributed by atoms with E-state index in [4.69, 9.17) is 11.6 Å². The highest BCUT2D eigenvalue weighted by Crippen LogP contribution is 2.15. The molecule has 0 fully saturated rings. The molecule has 0 atom stereocenters. The molecule has 0 heterocycles. The van der Waals surface area contributed by atoms with E-state index in [1.165, 1.54) is 13.3 Å². The second-order valence-electron chi connectivity index (χ2n) is 3.93. The van der Waals surface area contributed by atoms with E-state index in [1.54, 1.807) is 43.3 Å². The summed E-state index contributed by atoms with van der Waals surface area (Å²) in [5.41, 5.74) is 0.329. The third-order valence-corrected chi connectivity index (χ3v) is 2.49. The second kappa shape index (κ2) is 6.80. The van der Waals surface area contributed by atoms with Crippen LogP contribution in [0.15, 0.2) is 36.2 Å². The molecule has 1 aromatic carbocycles. The number of carbonyl (C=O) groups excluding carboxylic acids is 2. The van der Waals surface area contributed by atoms with Crippen LogP contribution in [0.1, 0.15) is 10.4 Å². The smallest absolute Gasteiger partial charge is 0.356 e. The van der Waals surface area contributed by atoms with E-state index in [0.29, 0.717) is 5.02 Å². The highest BCUT2D eigenvalue weighted by Gasteiger charge is 2.16. The Hall–Kier alpha value is -2.01. The SMILES string of the molecule is COC(=O)/C(=C/N(C)C)NC(=O)c1ccccc1Cl. The minimum absolute atomic E-state index is 0.0393. The predicted octanol–water partition coefficient (Wildman–Crippen LogP) is 1.65. The Morgan fingerprint density at radius 3 is 2.47 bits per heavy atom. The Kier molecular flexibility index (Phi) is 5.38. The zero-order valence-corrected chi connectivity index (χ0v) is 11.7. The van der Waals surface area contributed by atoms with Gasteiger partial charge in [0.15, 0.2) is 0 Å². The second-order valence-corrected chi connectivity index (χ2v) is 4.34. The van der Waals surface area contributed by atoms with Crippen molar-refractivity contribution in [3.8, 4) is 0 Å². The monoisotopic (exact) mass is 282 g/mol. The van der Waals surface area contributed by atoms with E-state index in [-0.39, 0.29) is 11.3 Å². The van der Waals surface area contributed by atoms with Crippen LogP contribution in [-0.4, -0.2) is 38.0 Å². The number of rotatable bonds is 4. The third kappa shape index (κ3) is 4.30. The number of halogens is 1. The summed E-state index contributed by atoms with van der Waals surface area (Å²) >= 11 is 5.91. The lowest BCUT2D eigenvalue weighted by Crippen LogP contribution is -2.29.